The van der Waals surface area contributed by atoms with E-state index >= 15 is 0 Å². The fourth-order valence-electron chi connectivity index (χ4n) is 4.08. The zero-order valence-corrected chi connectivity index (χ0v) is 20.2. The largest absolute Gasteiger partial charge is 0.353 e. The number of allylic oxidation sites excluding steroid dienone is 1. The van der Waals surface area contributed by atoms with Crippen molar-refractivity contribution < 1.29 is 14.4 Å². The van der Waals surface area contributed by atoms with E-state index in [1.807, 2.05) is 30.3 Å². The number of carbonyl (C=O) groups excluding carboxylic acids is 3. The molecule has 2 aromatic carbocycles. The van der Waals surface area contributed by atoms with Gasteiger partial charge in [0.05, 0.1) is 35.2 Å². The van der Waals surface area contributed by atoms with Crippen LogP contribution in [0.5, 0.6) is 0 Å². The predicted octanol–water partition coefficient (Wildman–Crippen LogP) is 3.41. The van der Waals surface area contributed by atoms with Gasteiger partial charge < -0.3 is 20.9 Å². The van der Waals surface area contributed by atoms with Crippen molar-refractivity contribution in [3.05, 3.63) is 52.9 Å². The molecule has 3 N–H and O–H groups in total. The number of carbonyl (C=O) groups is 3. The highest BCUT2D eigenvalue weighted by Gasteiger charge is 2.40. The van der Waals surface area contributed by atoms with E-state index in [-0.39, 0.29) is 23.8 Å². The molecule has 176 valence electrons. The molecule has 0 bridgehead atoms. The van der Waals surface area contributed by atoms with Crippen LogP contribution in [0.2, 0.25) is 0 Å². The minimum absolute atomic E-state index is 0.0227. The van der Waals surface area contributed by atoms with Crippen LogP contribution in [0.3, 0.4) is 0 Å². The van der Waals surface area contributed by atoms with E-state index in [2.05, 4.69) is 42.8 Å². The first kappa shape index (κ1) is 23.6. The standard InChI is InChI=1S/C25H27N5O3S/c1-25(2,3)20-12-18(23(32)30-11-10-27-21(31)14-30)22(34-20)29-24(33)28-19-9-8-15(13-26)16-6-4-5-7-17(16)19/h4-9,12,18,22H,10-11,14H2,1-3H3,(H,27,31)(H2,28,29,33). The zero-order chi connectivity index (χ0) is 24.5. The number of nitriles is 1. The maximum Gasteiger partial charge on any atom is 0.320 e. The van der Waals surface area contributed by atoms with Gasteiger partial charge in [-0.2, -0.15) is 5.26 Å². The lowest BCUT2D eigenvalue weighted by molar-refractivity contribution is -0.140. The van der Waals surface area contributed by atoms with Gasteiger partial charge in [-0.1, -0.05) is 51.1 Å². The van der Waals surface area contributed by atoms with Gasteiger partial charge in [-0.25, -0.2) is 4.79 Å². The highest BCUT2D eigenvalue weighted by Crippen LogP contribution is 2.45. The topological polar surface area (TPSA) is 114 Å². The molecule has 2 unspecified atom stereocenters. The number of benzene rings is 2. The van der Waals surface area contributed by atoms with Gasteiger partial charge in [0.15, 0.2) is 0 Å². The van der Waals surface area contributed by atoms with Gasteiger partial charge in [0, 0.05) is 23.9 Å². The Bertz CT molecular complexity index is 1230. The van der Waals surface area contributed by atoms with Crippen molar-refractivity contribution in [3.8, 4) is 6.07 Å². The van der Waals surface area contributed by atoms with Gasteiger partial charge in [0.25, 0.3) is 0 Å². The van der Waals surface area contributed by atoms with Gasteiger partial charge in [-0.3, -0.25) is 9.59 Å². The average molecular weight is 478 g/mol. The van der Waals surface area contributed by atoms with Crippen molar-refractivity contribution in [2.75, 3.05) is 25.0 Å². The summed E-state index contributed by atoms with van der Waals surface area (Å²) in [5, 5.41) is 18.9. The lowest BCUT2D eigenvalue weighted by atomic mass is 9.93. The summed E-state index contributed by atoms with van der Waals surface area (Å²) in [5.74, 6) is -0.926. The van der Waals surface area contributed by atoms with Crippen LogP contribution < -0.4 is 16.0 Å². The summed E-state index contributed by atoms with van der Waals surface area (Å²) in [5.41, 5.74) is 0.927. The molecule has 0 radical (unpaired) electrons. The van der Waals surface area contributed by atoms with Gasteiger partial charge in [0.2, 0.25) is 11.8 Å². The van der Waals surface area contributed by atoms with E-state index in [1.54, 1.807) is 17.0 Å². The van der Waals surface area contributed by atoms with Gasteiger partial charge >= 0.3 is 6.03 Å². The number of piperazine rings is 1. The molecule has 9 heteroatoms. The van der Waals surface area contributed by atoms with Gasteiger partial charge in [-0.05, 0) is 22.5 Å². The first-order valence-electron chi connectivity index (χ1n) is 11.1. The molecular formula is C25H27N5O3S. The Labute approximate surface area is 202 Å². The maximum absolute atomic E-state index is 13.3. The number of anilines is 1. The Kier molecular flexibility index (Phi) is 6.53. The third kappa shape index (κ3) is 4.87. The van der Waals surface area contributed by atoms with Crippen LogP contribution in [-0.2, 0) is 9.59 Å². The Morgan fingerprint density at radius 1 is 1.18 bits per heavy atom. The molecule has 4 amide bonds. The van der Waals surface area contributed by atoms with Crippen LogP contribution in [0.4, 0.5) is 10.5 Å². The summed E-state index contributed by atoms with van der Waals surface area (Å²) in [6.07, 6.45) is 1.92. The van der Waals surface area contributed by atoms with E-state index in [9.17, 15) is 19.6 Å². The number of fused-ring (bicyclic) bond motifs is 1. The molecule has 1 fully saturated rings. The lowest BCUT2D eigenvalue weighted by Crippen LogP contribution is -2.53. The minimum Gasteiger partial charge on any atom is -0.353 e. The van der Waals surface area contributed by atoms with Gasteiger partial charge in [0.1, 0.15) is 0 Å². The summed E-state index contributed by atoms with van der Waals surface area (Å²) < 4.78 is 0. The van der Waals surface area contributed by atoms with Gasteiger partial charge in [-0.15, -0.1) is 11.8 Å². The number of hydrogen-bond acceptors (Lipinski definition) is 5. The molecule has 2 aliphatic heterocycles. The van der Waals surface area contributed by atoms with Crippen LogP contribution in [-0.4, -0.2) is 47.8 Å². The molecule has 0 spiro atoms. The number of hydrogen-bond donors (Lipinski definition) is 3. The normalized spacial score (nSPS) is 20.4. The molecule has 2 atom stereocenters. The molecule has 0 aliphatic carbocycles. The molecule has 0 aromatic heterocycles. The molecule has 2 heterocycles. The van der Waals surface area contributed by atoms with Crippen LogP contribution in [0.25, 0.3) is 10.8 Å². The smallest absolute Gasteiger partial charge is 0.320 e. The zero-order valence-electron chi connectivity index (χ0n) is 19.3. The fourth-order valence-corrected chi connectivity index (χ4v) is 5.44. The number of rotatable bonds is 3. The second-order valence-electron chi connectivity index (χ2n) is 9.37. The molecule has 2 aliphatic rings. The lowest BCUT2D eigenvalue weighted by Gasteiger charge is -2.30. The first-order chi connectivity index (χ1) is 16.2. The molecular weight excluding hydrogens is 450 g/mol. The third-order valence-electron chi connectivity index (χ3n) is 5.85. The van der Waals surface area contributed by atoms with E-state index in [0.717, 1.165) is 15.7 Å². The monoisotopic (exact) mass is 477 g/mol. The van der Waals surface area contributed by atoms with Crippen molar-refractivity contribution in [1.29, 1.82) is 5.26 Å². The predicted molar refractivity (Wildman–Crippen MR) is 133 cm³/mol. The molecule has 2 aromatic rings. The van der Waals surface area contributed by atoms with E-state index < -0.39 is 17.3 Å². The fraction of sp³-hybridized carbons (Fsp3) is 0.360. The van der Waals surface area contributed by atoms with Crippen LogP contribution in [0.15, 0.2) is 47.4 Å². The van der Waals surface area contributed by atoms with Crippen LogP contribution in [0, 0.1) is 22.7 Å². The van der Waals surface area contributed by atoms with Crippen molar-refractivity contribution in [3.63, 3.8) is 0 Å². The summed E-state index contributed by atoms with van der Waals surface area (Å²) >= 11 is 1.47. The quantitative estimate of drug-likeness (QED) is 0.627. The molecule has 1 saturated heterocycles. The van der Waals surface area contributed by atoms with E-state index in [4.69, 9.17) is 0 Å². The highest BCUT2D eigenvalue weighted by molar-refractivity contribution is 8.04. The number of amides is 4. The summed E-state index contributed by atoms with van der Waals surface area (Å²) in [6.45, 7) is 7.08. The Balaban J connectivity index is 1.54. The minimum atomic E-state index is -0.575. The van der Waals surface area contributed by atoms with E-state index in [1.165, 1.54) is 11.8 Å². The first-order valence-corrected chi connectivity index (χ1v) is 12.0. The number of nitrogens with one attached hydrogen (secondary N) is 3. The van der Waals surface area contributed by atoms with Crippen molar-refractivity contribution >= 4 is 46.1 Å². The number of nitrogens with zero attached hydrogens (tertiary/aromatic N) is 2. The SMILES string of the molecule is CC(C)(C)C1=CC(C(=O)N2CCNC(=O)C2)C(NC(=O)Nc2ccc(C#N)c3ccccc23)S1. The van der Waals surface area contributed by atoms with Crippen molar-refractivity contribution in [2.24, 2.45) is 11.3 Å². The number of urea groups is 1. The third-order valence-corrected chi connectivity index (χ3v) is 7.52. The second-order valence-corrected chi connectivity index (χ2v) is 10.6. The Morgan fingerprint density at radius 2 is 1.91 bits per heavy atom. The summed E-state index contributed by atoms with van der Waals surface area (Å²) in [6, 6.07) is 12.5. The van der Waals surface area contributed by atoms with Crippen LogP contribution >= 0.6 is 11.8 Å². The summed E-state index contributed by atoms with van der Waals surface area (Å²) in [7, 11) is 0. The second kappa shape index (κ2) is 9.39. The van der Waals surface area contributed by atoms with E-state index in [0.29, 0.717) is 24.3 Å². The molecule has 0 saturated carbocycles. The number of thioether (sulfide) groups is 1. The van der Waals surface area contributed by atoms with Crippen molar-refractivity contribution in [1.82, 2.24) is 15.5 Å². The Morgan fingerprint density at radius 3 is 2.59 bits per heavy atom. The molecule has 4 rings (SSSR count). The highest BCUT2D eigenvalue weighted by atomic mass is 32.2. The Hall–Kier alpha value is -3.51. The molecule has 8 nitrogen and oxygen atoms in total. The van der Waals surface area contributed by atoms with Crippen LogP contribution in [0.1, 0.15) is 26.3 Å². The summed E-state index contributed by atoms with van der Waals surface area (Å²) in [4.78, 5) is 40.7. The average Bonchev–Trinajstić information content (AvgIpc) is 3.23. The van der Waals surface area contributed by atoms with Crippen molar-refractivity contribution in [2.45, 2.75) is 26.1 Å². The maximum atomic E-state index is 13.3. The molecule has 34 heavy (non-hydrogen) atoms.